The molecule has 1 amide bonds. The van der Waals surface area contributed by atoms with Crippen LogP contribution in [0, 0.1) is 11.3 Å². The second kappa shape index (κ2) is 4.28. The number of benzene rings is 1. The lowest BCUT2D eigenvalue weighted by Gasteiger charge is -2.03. The number of aromatic hydroxyl groups is 1. The van der Waals surface area contributed by atoms with Crippen LogP contribution in [0.4, 0.5) is 5.95 Å². The molecule has 0 saturated heterocycles. The number of tetrazole rings is 1. The summed E-state index contributed by atoms with van der Waals surface area (Å²) in [5, 5.41) is 32.9. The van der Waals surface area contributed by atoms with Crippen molar-refractivity contribution in [1.29, 1.82) is 5.26 Å². The summed E-state index contributed by atoms with van der Waals surface area (Å²) in [6, 6.07) is 5.82. The summed E-state index contributed by atoms with van der Waals surface area (Å²) in [4.78, 5) is 11.7. The zero-order valence-electron chi connectivity index (χ0n) is 8.38. The maximum Gasteiger partial charge on any atom is 0.261 e. The third-order valence-electron chi connectivity index (χ3n) is 1.95. The fourth-order valence-corrected chi connectivity index (χ4v) is 1.17. The lowest BCUT2D eigenvalue weighted by Crippen LogP contribution is -2.13. The number of phenols is 1. The monoisotopic (exact) mass is 230 g/mol. The number of amides is 1. The van der Waals surface area contributed by atoms with Crippen molar-refractivity contribution >= 4 is 11.9 Å². The molecule has 0 atom stereocenters. The summed E-state index contributed by atoms with van der Waals surface area (Å²) < 4.78 is 0. The van der Waals surface area contributed by atoms with E-state index in [0.29, 0.717) is 0 Å². The SMILES string of the molecule is N#Cc1ccc(O)c(C(=O)Nc2nnn[nH]2)c1. The van der Waals surface area contributed by atoms with Gasteiger partial charge in [-0.25, -0.2) is 5.10 Å². The molecular formula is C9H6N6O2. The van der Waals surface area contributed by atoms with E-state index in [-0.39, 0.29) is 22.8 Å². The first-order chi connectivity index (χ1) is 8.20. The number of hydrogen-bond acceptors (Lipinski definition) is 6. The van der Waals surface area contributed by atoms with Gasteiger partial charge in [-0.3, -0.25) is 10.1 Å². The van der Waals surface area contributed by atoms with E-state index in [0.717, 1.165) is 0 Å². The molecule has 84 valence electrons. The molecule has 8 nitrogen and oxygen atoms in total. The Balaban J connectivity index is 2.28. The summed E-state index contributed by atoms with van der Waals surface area (Å²) in [7, 11) is 0. The highest BCUT2D eigenvalue weighted by Crippen LogP contribution is 2.18. The van der Waals surface area contributed by atoms with Gasteiger partial charge in [-0.15, -0.1) is 0 Å². The van der Waals surface area contributed by atoms with Crippen LogP contribution in [-0.2, 0) is 0 Å². The van der Waals surface area contributed by atoms with Gasteiger partial charge >= 0.3 is 0 Å². The number of hydrogen-bond donors (Lipinski definition) is 3. The van der Waals surface area contributed by atoms with Crippen LogP contribution in [0.5, 0.6) is 5.75 Å². The van der Waals surface area contributed by atoms with E-state index in [4.69, 9.17) is 5.26 Å². The predicted octanol–water partition coefficient (Wildman–Crippen LogP) is 0.0293. The van der Waals surface area contributed by atoms with Gasteiger partial charge in [-0.1, -0.05) is 5.10 Å². The molecule has 0 fully saturated rings. The van der Waals surface area contributed by atoms with Gasteiger partial charge in [-0.2, -0.15) is 5.26 Å². The van der Waals surface area contributed by atoms with Gasteiger partial charge in [0.2, 0.25) is 5.95 Å². The molecule has 17 heavy (non-hydrogen) atoms. The van der Waals surface area contributed by atoms with Crippen molar-refractivity contribution in [3.8, 4) is 11.8 Å². The fraction of sp³-hybridized carbons (Fsp3) is 0. The quantitative estimate of drug-likeness (QED) is 0.667. The normalized spacial score (nSPS) is 9.59. The lowest BCUT2D eigenvalue weighted by molar-refractivity contribution is 0.102. The van der Waals surface area contributed by atoms with E-state index in [9.17, 15) is 9.90 Å². The lowest BCUT2D eigenvalue weighted by atomic mass is 10.1. The van der Waals surface area contributed by atoms with Gasteiger partial charge in [0.05, 0.1) is 17.2 Å². The molecule has 1 heterocycles. The average Bonchev–Trinajstić information content (AvgIpc) is 2.82. The van der Waals surface area contributed by atoms with Crippen molar-refractivity contribution in [2.75, 3.05) is 5.32 Å². The van der Waals surface area contributed by atoms with Gasteiger partial charge in [0.25, 0.3) is 5.91 Å². The number of anilines is 1. The van der Waals surface area contributed by atoms with Crippen molar-refractivity contribution in [2.24, 2.45) is 0 Å². The first-order valence-corrected chi connectivity index (χ1v) is 4.49. The second-order valence-corrected chi connectivity index (χ2v) is 3.05. The molecule has 1 aromatic carbocycles. The van der Waals surface area contributed by atoms with E-state index >= 15 is 0 Å². The smallest absolute Gasteiger partial charge is 0.261 e. The first-order valence-electron chi connectivity index (χ1n) is 4.49. The molecule has 0 bridgehead atoms. The van der Waals surface area contributed by atoms with Crippen LogP contribution in [-0.4, -0.2) is 31.6 Å². The number of carbonyl (C=O) groups is 1. The number of nitriles is 1. The predicted molar refractivity (Wildman–Crippen MR) is 55.0 cm³/mol. The van der Waals surface area contributed by atoms with E-state index in [2.05, 4.69) is 25.9 Å². The highest BCUT2D eigenvalue weighted by atomic mass is 16.3. The molecule has 2 rings (SSSR count). The Labute approximate surface area is 94.9 Å². The second-order valence-electron chi connectivity index (χ2n) is 3.05. The van der Waals surface area contributed by atoms with Crippen molar-refractivity contribution in [1.82, 2.24) is 20.6 Å². The van der Waals surface area contributed by atoms with Crippen molar-refractivity contribution in [2.45, 2.75) is 0 Å². The third-order valence-corrected chi connectivity index (χ3v) is 1.95. The van der Waals surface area contributed by atoms with Crippen molar-refractivity contribution in [3.63, 3.8) is 0 Å². The molecule has 0 aliphatic heterocycles. The number of H-pyrrole nitrogens is 1. The summed E-state index contributed by atoms with van der Waals surface area (Å²) >= 11 is 0. The molecule has 1 aromatic heterocycles. The number of nitrogens with one attached hydrogen (secondary N) is 2. The number of phenolic OH excluding ortho intramolecular Hbond substituents is 1. The van der Waals surface area contributed by atoms with Crippen LogP contribution in [0.1, 0.15) is 15.9 Å². The Morgan fingerprint density at radius 1 is 1.53 bits per heavy atom. The minimum atomic E-state index is -0.613. The molecule has 2 aromatic rings. The zero-order chi connectivity index (χ0) is 12.3. The van der Waals surface area contributed by atoms with Crippen molar-refractivity contribution < 1.29 is 9.90 Å². The molecule has 0 spiro atoms. The minimum absolute atomic E-state index is 0.0274. The maximum atomic E-state index is 11.7. The summed E-state index contributed by atoms with van der Waals surface area (Å²) in [6.07, 6.45) is 0. The van der Waals surface area contributed by atoms with Crippen molar-refractivity contribution in [3.05, 3.63) is 29.3 Å². The fourth-order valence-electron chi connectivity index (χ4n) is 1.17. The summed E-state index contributed by atoms with van der Waals surface area (Å²) in [5.41, 5.74) is 0.240. The topological polar surface area (TPSA) is 128 Å². The third kappa shape index (κ3) is 2.18. The molecule has 0 aliphatic carbocycles. The Kier molecular flexibility index (Phi) is 2.66. The first kappa shape index (κ1) is 10.6. The molecule has 0 aliphatic rings. The van der Waals surface area contributed by atoms with Crippen LogP contribution in [0.15, 0.2) is 18.2 Å². The Morgan fingerprint density at radius 2 is 2.35 bits per heavy atom. The summed E-state index contributed by atoms with van der Waals surface area (Å²) in [5.74, 6) is -0.788. The molecule has 0 unspecified atom stereocenters. The van der Waals surface area contributed by atoms with Crippen LogP contribution in [0.25, 0.3) is 0 Å². The van der Waals surface area contributed by atoms with Crippen LogP contribution >= 0.6 is 0 Å². The molecule has 3 N–H and O–H groups in total. The van der Waals surface area contributed by atoms with E-state index in [1.54, 1.807) is 0 Å². The van der Waals surface area contributed by atoms with Gasteiger partial charge in [-0.05, 0) is 28.6 Å². The van der Waals surface area contributed by atoms with Crippen LogP contribution in [0.3, 0.4) is 0 Å². The Morgan fingerprint density at radius 3 is 3.00 bits per heavy atom. The van der Waals surface area contributed by atoms with Gasteiger partial charge in [0.15, 0.2) is 0 Å². The maximum absolute atomic E-state index is 11.7. The number of aromatic amines is 1. The van der Waals surface area contributed by atoms with Crippen LogP contribution in [0.2, 0.25) is 0 Å². The molecule has 8 heteroatoms. The summed E-state index contributed by atoms with van der Waals surface area (Å²) in [6.45, 7) is 0. The highest BCUT2D eigenvalue weighted by molar-refractivity contribution is 6.05. The van der Waals surface area contributed by atoms with Gasteiger partial charge in [0.1, 0.15) is 5.75 Å². The Bertz CT molecular complexity index is 586. The number of carbonyl (C=O) groups excluding carboxylic acids is 1. The largest absolute Gasteiger partial charge is 0.507 e. The number of nitrogens with zero attached hydrogens (tertiary/aromatic N) is 4. The number of aromatic nitrogens is 4. The van der Waals surface area contributed by atoms with E-state index in [1.807, 2.05) is 6.07 Å². The van der Waals surface area contributed by atoms with Gasteiger partial charge < -0.3 is 5.11 Å². The average molecular weight is 230 g/mol. The zero-order valence-corrected chi connectivity index (χ0v) is 8.38. The Hall–Kier alpha value is -2.95. The number of rotatable bonds is 2. The molecule has 0 radical (unpaired) electrons. The molecular weight excluding hydrogens is 224 g/mol. The standard InChI is InChI=1S/C9H6N6O2/c10-4-5-1-2-7(16)6(3-5)8(17)11-9-12-14-15-13-9/h1-3,16H,(H2,11,12,13,14,15,17). The van der Waals surface area contributed by atoms with E-state index in [1.165, 1.54) is 18.2 Å². The van der Waals surface area contributed by atoms with E-state index < -0.39 is 5.91 Å². The highest BCUT2D eigenvalue weighted by Gasteiger charge is 2.13. The van der Waals surface area contributed by atoms with Gasteiger partial charge in [0, 0.05) is 0 Å². The molecule has 0 saturated carbocycles. The minimum Gasteiger partial charge on any atom is -0.507 e. The van der Waals surface area contributed by atoms with Crippen LogP contribution < -0.4 is 5.32 Å².